The van der Waals surface area contributed by atoms with E-state index < -0.39 is 18.1 Å². The van der Waals surface area contributed by atoms with Gasteiger partial charge in [-0.15, -0.1) is 0 Å². The lowest BCUT2D eigenvalue weighted by molar-refractivity contribution is -0.142. The molecule has 0 atom stereocenters. The van der Waals surface area contributed by atoms with E-state index in [-0.39, 0.29) is 29.2 Å². The predicted molar refractivity (Wildman–Crippen MR) is 59.3 cm³/mol. The van der Waals surface area contributed by atoms with Gasteiger partial charge in [-0.1, -0.05) is 11.6 Å². The van der Waals surface area contributed by atoms with Crippen molar-refractivity contribution in [1.82, 2.24) is 4.98 Å². The quantitative estimate of drug-likeness (QED) is 0.792. The number of hydrogen-bond donors (Lipinski definition) is 0. The number of carbonyl (C=O) groups is 1. The Bertz CT molecular complexity index is 501. The molecule has 0 radical (unpaired) electrons. The molecule has 0 N–H and O–H groups in total. The summed E-state index contributed by atoms with van der Waals surface area (Å²) >= 11 is 5.73. The molecule has 0 unspecified atom stereocenters. The van der Waals surface area contributed by atoms with E-state index in [1.54, 1.807) is 13.0 Å². The fourth-order valence-corrected chi connectivity index (χ4v) is 1.62. The van der Waals surface area contributed by atoms with Crippen LogP contribution in [0.4, 0.5) is 8.78 Å². The van der Waals surface area contributed by atoms with Crippen molar-refractivity contribution in [2.24, 2.45) is 0 Å². The maximum atomic E-state index is 12.6. The summed E-state index contributed by atoms with van der Waals surface area (Å²) in [5.74, 6) is -0.637. The molecular formula is C11H9ClF2N2O2. The first kappa shape index (κ1) is 14.3. The number of nitriles is 1. The minimum atomic E-state index is -2.87. The van der Waals surface area contributed by atoms with Gasteiger partial charge in [-0.2, -0.15) is 5.26 Å². The lowest BCUT2D eigenvalue weighted by Crippen LogP contribution is -2.10. The van der Waals surface area contributed by atoms with Crippen LogP contribution >= 0.6 is 11.6 Å². The normalized spacial score (nSPS) is 10.2. The zero-order chi connectivity index (χ0) is 13.7. The molecule has 1 heterocycles. The van der Waals surface area contributed by atoms with Crippen molar-refractivity contribution in [2.75, 3.05) is 6.61 Å². The highest BCUT2D eigenvalue weighted by Gasteiger charge is 2.21. The van der Waals surface area contributed by atoms with E-state index in [1.807, 2.05) is 0 Å². The number of alkyl halides is 2. The van der Waals surface area contributed by atoms with E-state index in [0.29, 0.717) is 0 Å². The topological polar surface area (TPSA) is 63.0 Å². The van der Waals surface area contributed by atoms with Crippen LogP contribution in [0.25, 0.3) is 0 Å². The van der Waals surface area contributed by atoms with Crippen LogP contribution in [-0.4, -0.2) is 17.6 Å². The van der Waals surface area contributed by atoms with Crippen molar-refractivity contribution in [2.45, 2.75) is 19.8 Å². The molecule has 1 aromatic rings. The molecular weight excluding hydrogens is 266 g/mol. The molecule has 96 valence electrons. The number of ether oxygens (including phenoxy) is 1. The van der Waals surface area contributed by atoms with Crippen molar-refractivity contribution >= 4 is 17.6 Å². The third-order valence-electron chi connectivity index (χ3n) is 2.10. The second-order valence-electron chi connectivity index (χ2n) is 3.24. The highest BCUT2D eigenvalue weighted by Crippen LogP contribution is 2.30. The van der Waals surface area contributed by atoms with Crippen LogP contribution in [0.2, 0.25) is 5.02 Å². The van der Waals surface area contributed by atoms with Gasteiger partial charge in [0.25, 0.3) is 6.43 Å². The number of carbonyl (C=O) groups excluding carboxylic acids is 1. The summed E-state index contributed by atoms with van der Waals surface area (Å²) in [5, 5.41) is 8.46. The minimum Gasteiger partial charge on any atom is -0.466 e. The van der Waals surface area contributed by atoms with Gasteiger partial charge in [0.1, 0.15) is 11.8 Å². The smallest absolute Gasteiger partial charge is 0.310 e. The first-order chi connectivity index (χ1) is 8.51. The highest BCUT2D eigenvalue weighted by atomic mass is 35.5. The number of aromatic nitrogens is 1. The Morgan fingerprint density at radius 2 is 2.33 bits per heavy atom. The van der Waals surface area contributed by atoms with Gasteiger partial charge in [0.05, 0.1) is 23.6 Å². The van der Waals surface area contributed by atoms with Crippen LogP contribution in [0.15, 0.2) is 6.20 Å². The molecule has 0 aliphatic rings. The molecule has 0 spiro atoms. The van der Waals surface area contributed by atoms with Gasteiger partial charge in [-0.05, 0) is 6.92 Å². The van der Waals surface area contributed by atoms with Crippen LogP contribution in [0.1, 0.15) is 30.2 Å². The summed E-state index contributed by atoms with van der Waals surface area (Å²) in [7, 11) is 0. The number of rotatable bonds is 4. The van der Waals surface area contributed by atoms with Gasteiger partial charge in [-0.3, -0.25) is 9.78 Å². The number of hydrogen-bond acceptors (Lipinski definition) is 4. The van der Waals surface area contributed by atoms with Crippen LogP contribution in [-0.2, 0) is 16.0 Å². The first-order valence-electron chi connectivity index (χ1n) is 5.02. The van der Waals surface area contributed by atoms with Crippen LogP contribution < -0.4 is 0 Å². The van der Waals surface area contributed by atoms with Crippen molar-refractivity contribution < 1.29 is 18.3 Å². The molecule has 0 saturated heterocycles. The summed E-state index contributed by atoms with van der Waals surface area (Å²) in [6, 6.07) is 1.75. The number of halogens is 3. The van der Waals surface area contributed by atoms with Gasteiger partial charge >= 0.3 is 5.97 Å². The summed E-state index contributed by atoms with van der Waals surface area (Å²) in [4.78, 5) is 14.7. The lowest BCUT2D eigenvalue weighted by Gasteiger charge is -2.09. The average molecular weight is 275 g/mol. The molecule has 1 aromatic heterocycles. The fourth-order valence-electron chi connectivity index (χ4n) is 1.32. The maximum absolute atomic E-state index is 12.6. The zero-order valence-electron chi connectivity index (χ0n) is 9.41. The molecule has 0 bridgehead atoms. The van der Waals surface area contributed by atoms with E-state index in [1.165, 1.54) is 0 Å². The third kappa shape index (κ3) is 3.14. The van der Waals surface area contributed by atoms with E-state index in [4.69, 9.17) is 16.9 Å². The molecule has 0 fully saturated rings. The molecule has 18 heavy (non-hydrogen) atoms. The standard InChI is InChI=1S/C11H9ClF2N2O2/c1-2-18-8(17)3-7-6(4-15)5-16-10(9(7)12)11(13)14/h5,11H,2-3H2,1H3. The molecule has 0 aromatic carbocycles. The van der Waals surface area contributed by atoms with Crippen LogP contribution in [0, 0.1) is 11.3 Å². The third-order valence-corrected chi connectivity index (χ3v) is 2.52. The van der Waals surface area contributed by atoms with Crippen molar-refractivity contribution in [3.05, 3.63) is 28.0 Å². The summed E-state index contributed by atoms with van der Waals surface area (Å²) in [6.07, 6.45) is -2.23. The highest BCUT2D eigenvalue weighted by molar-refractivity contribution is 6.32. The summed E-state index contributed by atoms with van der Waals surface area (Å²) in [5.41, 5.74) is -0.643. The minimum absolute atomic E-state index is 0.0162. The molecule has 4 nitrogen and oxygen atoms in total. The molecule has 0 amide bonds. The zero-order valence-corrected chi connectivity index (χ0v) is 10.2. The number of esters is 1. The van der Waals surface area contributed by atoms with E-state index in [9.17, 15) is 13.6 Å². The Hall–Kier alpha value is -1.74. The van der Waals surface area contributed by atoms with E-state index in [2.05, 4.69) is 9.72 Å². The molecule has 1 rings (SSSR count). The Labute approximate surface area is 107 Å². The van der Waals surface area contributed by atoms with Gasteiger partial charge in [0.2, 0.25) is 0 Å². The van der Waals surface area contributed by atoms with Crippen molar-refractivity contribution in [3.8, 4) is 6.07 Å². The van der Waals surface area contributed by atoms with Gasteiger partial charge in [0, 0.05) is 11.8 Å². The van der Waals surface area contributed by atoms with E-state index in [0.717, 1.165) is 6.20 Å². The number of nitrogens with zero attached hydrogens (tertiary/aromatic N) is 2. The Kier molecular flexibility index (Phi) is 4.98. The van der Waals surface area contributed by atoms with E-state index >= 15 is 0 Å². The largest absolute Gasteiger partial charge is 0.466 e. The Morgan fingerprint density at radius 1 is 1.67 bits per heavy atom. The molecule has 0 aliphatic carbocycles. The predicted octanol–water partition coefficient (Wildman–Crippen LogP) is 2.65. The average Bonchev–Trinajstić information content (AvgIpc) is 2.31. The Balaban J connectivity index is 3.18. The fraction of sp³-hybridized carbons (Fsp3) is 0.364. The van der Waals surface area contributed by atoms with Crippen molar-refractivity contribution in [1.29, 1.82) is 5.26 Å². The second kappa shape index (κ2) is 6.26. The Morgan fingerprint density at radius 3 is 2.83 bits per heavy atom. The van der Waals surface area contributed by atoms with Crippen molar-refractivity contribution in [3.63, 3.8) is 0 Å². The SMILES string of the molecule is CCOC(=O)Cc1c(C#N)cnc(C(F)F)c1Cl. The van der Waals surface area contributed by atoms with Gasteiger partial charge < -0.3 is 4.74 Å². The summed E-state index contributed by atoms with van der Waals surface area (Å²) < 4.78 is 29.9. The van der Waals surface area contributed by atoms with Crippen LogP contribution in [0.3, 0.4) is 0 Å². The number of pyridine rings is 1. The lowest BCUT2D eigenvalue weighted by atomic mass is 10.1. The maximum Gasteiger partial charge on any atom is 0.310 e. The monoisotopic (exact) mass is 274 g/mol. The van der Waals surface area contributed by atoms with Crippen LogP contribution in [0.5, 0.6) is 0 Å². The molecule has 7 heteroatoms. The molecule has 0 saturated carbocycles. The molecule has 0 aliphatic heterocycles. The second-order valence-corrected chi connectivity index (χ2v) is 3.62. The van der Waals surface area contributed by atoms with Gasteiger partial charge in [0.15, 0.2) is 0 Å². The summed E-state index contributed by atoms with van der Waals surface area (Å²) in [6.45, 7) is 1.77. The van der Waals surface area contributed by atoms with Gasteiger partial charge in [-0.25, -0.2) is 8.78 Å². The first-order valence-corrected chi connectivity index (χ1v) is 5.40.